The van der Waals surface area contributed by atoms with Crippen LogP contribution in [0.4, 0.5) is 5.13 Å². The Morgan fingerprint density at radius 1 is 1.22 bits per heavy atom. The zero-order chi connectivity index (χ0) is 18.8. The molecule has 0 unspecified atom stereocenters. The van der Waals surface area contributed by atoms with Crippen LogP contribution in [0.2, 0.25) is 0 Å². The molecule has 144 valence electrons. The number of thiazole rings is 1. The highest BCUT2D eigenvalue weighted by Gasteiger charge is 2.27. The van der Waals surface area contributed by atoms with E-state index in [0.717, 1.165) is 23.2 Å². The van der Waals surface area contributed by atoms with Gasteiger partial charge in [0.25, 0.3) is 5.91 Å². The third kappa shape index (κ3) is 3.79. The number of amides is 1. The minimum atomic E-state index is -0.234. The van der Waals surface area contributed by atoms with E-state index in [9.17, 15) is 4.79 Å². The molecule has 0 aliphatic carbocycles. The van der Waals surface area contributed by atoms with Crippen LogP contribution in [0.3, 0.4) is 0 Å². The smallest absolute Gasteiger partial charge is 0.298 e. The summed E-state index contributed by atoms with van der Waals surface area (Å²) < 4.78 is 22.5. The number of hydrogen-bond donors (Lipinski definition) is 1. The molecule has 1 N–H and O–H groups in total. The maximum atomic E-state index is 13.0. The number of carbonyl (C=O) groups is 1. The lowest BCUT2D eigenvalue weighted by Crippen LogP contribution is -3.05. The molecule has 2 aromatic rings. The highest BCUT2D eigenvalue weighted by molar-refractivity contribution is 7.22. The summed E-state index contributed by atoms with van der Waals surface area (Å²) in [5.74, 6) is 1.37. The monoisotopic (exact) mass is 392 g/mol. The fourth-order valence-corrected chi connectivity index (χ4v) is 3.91. The first kappa shape index (κ1) is 17.9. The van der Waals surface area contributed by atoms with E-state index < -0.39 is 0 Å². The Hall–Kier alpha value is -2.52. The van der Waals surface area contributed by atoms with E-state index in [4.69, 9.17) is 18.9 Å². The molecule has 2 aliphatic rings. The van der Waals surface area contributed by atoms with Gasteiger partial charge in [-0.05, 0) is 0 Å². The van der Waals surface area contributed by atoms with E-state index >= 15 is 0 Å². The van der Waals surface area contributed by atoms with Crippen LogP contribution in [0.25, 0.3) is 10.2 Å². The van der Waals surface area contributed by atoms with E-state index in [0.29, 0.717) is 36.4 Å². The van der Waals surface area contributed by atoms with Gasteiger partial charge in [0.05, 0.1) is 30.9 Å². The summed E-state index contributed by atoms with van der Waals surface area (Å²) in [6.07, 6.45) is 2.24. The van der Waals surface area contributed by atoms with Gasteiger partial charge in [0.2, 0.25) is 12.6 Å². The van der Waals surface area contributed by atoms with Gasteiger partial charge in [0.1, 0.15) is 19.5 Å². The summed E-state index contributed by atoms with van der Waals surface area (Å²) in [7, 11) is 4.18. The molecule has 27 heavy (non-hydrogen) atoms. The van der Waals surface area contributed by atoms with Crippen LogP contribution in [0.1, 0.15) is 6.42 Å². The van der Waals surface area contributed by atoms with Crippen molar-refractivity contribution in [2.45, 2.75) is 6.42 Å². The zero-order valence-electron chi connectivity index (χ0n) is 15.3. The molecule has 2 aliphatic heterocycles. The fourth-order valence-electron chi connectivity index (χ4n) is 2.91. The maximum Gasteiger partial charge on any atom is 0.298 e. The van der Waals surface area contributed by atoms with Gasteiger partial charge in [0, 0.05) is 25.1 Å². The van der Waals surface area contributed by atoms with Crippen LogP contribution in [0, 0.1) is 0 Å². The van der Waals surface area contributed by atoms with Crippen molar-refractivity contribution in [3.63, 3.8) is 0 Å². The lowest BCUT2D eigenvalue weighted by Gasteiger charge is -2.23. The highest BCUT2D eigenvalue weighted by Crippen LogP contribution is 2.40. The number of carbonyl (C=O) groups excluding carboxylic acids is 1. The van der Waals surface area contributed by atoms with Gasteiger partial charge < -0.3 is 23.8 Å². The van der Waals surface area contributed by atoms with E-state index in [1.165, 1.54) is 22.5 Å². The highest BCUT2D eigenvalue weighted by atomic mass is 32.1. The topological polar surface area (TPSA) is 74.6 Å². The number of nitrogens with one attached hydrogen (secondary N) is 1. The van der Waals surface area contributed by atoms with Gasteiger partial charge >= 0.3 is 0 Å². The molecule has 0 fully saturated rings. The first-order valence-corrected chi connectivity index (χ1v) is 9.69. The predicted octanol–water partition coefficient (Wildman–Crippen LogP) is 0.781. The molecule has 0 radical (unpaired) electrons. The van der Waals surface area contributed by atoms with Crippen LogP contribution in [-0.2, 0) is 14.3 Å². The summed E-state index contributed by atoms with van der Waals surface area (Å²) >= 11 is 1.45. The van der Waals surface area contributed by atoms with Crippen molar-refractivity contribution in [1.82, 2.24) is 4.98 Å². The van der Waals surface area contributed by atoms with Crippen LogP contribution in [0.5, 0.6) is 11.5 Å². The Bertz CT molecular complexity index is 838. The molecule has 0 bridgehead atoms. The molecular formula is C18H22N3O5S+. The summed E-state index contributed by atoms with van der Waals surface area (Å²) in [6.45, 7) is 2.54. The number of rotatable bonds is 6. The van der Waals surface area contributed by atoms with E-state index in [1.807, 2.05) is 12.1 Å². The van der Waals surface area contributed by atoms with Crippen LogP contribution in [0.15, 0.2) is 24.2 Å². The SMILES string of the molecule is C[NH+](C)CCCN(C(=O)C1=COCCO1)c1nc2cc3c(cc2s1)OCO3. The standard InChI is InChI=1S/C18H21N3O5S/c1-20(2)4-3-5-21(17(22)15-10-23-6-7-24-15)18-19-12-8-13-14(26-11-25-13)9-16(12)27-18/h8-10H,3-7,11H2,1-2H3/p+1. The maximum absolute atomic E-state index is 13.0. The minimum absolute atomic E-state index is 0.215. The molecule has 1 aromatic heterocycles. The van der Waals surface area contributed by atoms with Crippen LogP contribution < -0.4 is 19.3 Å². The molecule has 3 heterocycles. The Kier molecular flexibility index (Phi) is 5.04. The Morgan fingerprint density at radius 2 is 2.04 bits per heavy atom. The number of fused-ring (bicyclic) bond motifs is 2. The van der Waals surface area contributed by atoms with Crippen molar-refractivity contribution in [2.24, 2.45) is 0 Å². The van der Waals surface area contributed by atoms with Crippen molar-refractivity contribution < 1.29 is 28.6 Å². The molecule has 0 saturated heterocycles. The van der Waals surface area contributed by atoms with Gasteiger partial charge in [0.15, 0.2) is 16.6 Å². The predicted molar refractivity (Wildman–Crippen MR) is 100 cm³/mol. The molecule has 0 spiro atoms. The van der Waals surface area contributed by atoms with Crippen LogP contribution in [-0.4, -0.2) is 58.1 Å². The van der Waals surface area contributed by atoms with Crippen molar-refractivity contribution in [3.8, 4) is 11.5 Å². The molecule has 4 rings (SSSR count). The lowest BCUT2D eigenvalue weighted by atomic mass is 10.3. The molecule has 8 nitrogen and oxygen atoms in total. The second-order valence-corrected chi connectivity index (χ2v) is 7.65. The van der Waals surface area contributed by atoms with Gasteiger partial charge in [-0.3, -0.25) is 9.69 Å². The third-order valence-electron chi connectivity index (χ3n) is 4.27. The number of aromatic nitrogens is 1. The summed E-state index contributed by atoms with van der Waals surface area (Å²) in [6, 6.07) is 3.76. The van der Waals surface area contributed by atoms with Crippen molar-refractivity contribution in [1.29, 1.82) is 0 Å². The number of hydrogen-bond acceptors (Lipinski definition) is 7. The van der Waals surface area contributed by atoms with Crippen molar-refractivity contribution in [2.75, 3.05) is 52.1 Å². The number of quaternary nitrogens is 1. The second-order valence-electron chi connectivity index (χ2n) is 6.64. The van der Waals surface area contributed by atoms with E-state index in [2.05, 4.69) is 19.1 Å². The van der Waals surface area contributed by atoms with Crippen LogP contribution >= 0.6 is 11.3 Å². The van der Waals surface area contributed by atoms with E-state index in [1.54, 1.807) is 4.90 Å². The number of nitrogens with zero attached hydrogens (tertiary/aromatic N) is 2. The first-order chi connectivity index (χ1) is 13.1. The molecule has 1 aromatic carbocycles. The quantitative estimate of drug-likeness (QED) is 0.783. The molecule has 0 atom stereocenters. The van der Waals surface area contributed by atoms with Crippen molar-refractivity contribution in [3.05, 3.63) is 24.2 Å². The average molecular weight is 392 g/mol. The Balaban J connectivity index is 1.63. The molecule has 9 heteroatoms. The van der Waals surface area contributed by atoms with Crippen molar-refractivity contribution >= 4 is 32.6 Å². The first-order valence-electron chi connectivity index (χ1n) is 8.87. The van der Waals surface area contributed by atoms with E-state index in [-0.39, 0.29) is 18.5 Å². The Morgan fingerprint density at radius 3 is 2.78 bits per heavy atom. The normalized spacial score (nSPS) is 15.4. The minimum Gasteiger partial charge on any atom is -0.494 e. The molecular weight excluding hydrogens is 370 g/mol. The Labute approximate surface area is 160 Å². The number of ether oxygens (including phenoxy) is 4. The number of anilines is 1. The van der Waals surface area contributed by atoms with Gasteiger partial charge in [-0.25, -0.2) is 4.98 Å². The largest absolute Gasteiger partial charge is 0.494 e. The summed E-state index contributed by atoms with van der Waals surface area (Å²) in [5, 5.41) is 0.627. The average Bonchev–Trinajstić information content (AvgIpc) is 3.28. The molecule has 1 amide bonds. The second kappa shape index (κ2) is 7.61. The number of benzene rings is 1. The van der Waals surface area contributed by atoms with Gasteiger partial charge in [-0.2, -0.15) is 0 Å². The fraction of sp³-hybridized carbons (Fsp3) is 0.444. The van der Waals surface area contributed by atoms with Gasteiger partial charge in [-0.15, -0.1) is 0 Å². The summed E-state index contributed by atoms with van der Waals surface area (Å²) in [5.41, 5.74) is 0.782. The van der Waals surface area contributed by atoms with Gasteiger partial charge in [-0.1, -0.05) is 11.3 Å². The lowest BCUT2D eigenvalue weighted by molar-refractivity contribution is -0.858. The molecule has 0 saturated carbocycles. The summed E-state index contributed by atoms with van der Waals surface area (Å²) in [4.78, 5) is 20.7. The zero-order valence-corrected chi connectivity index (χ0v) is 16.1. The third-order valence-corrected chi connectivity index (χ3v) is 5.31.